The number of hydrogen-bond donors (Lipinski definition) is 3. The summed E-state index contributed by atoms with van der Waals surface area (Å²) < 4.78 is 43.7. The second-order valence-electron chi connectivity index (χ2n) is 7.18. The number of esters is 1. The molecule has 6 nitrogen and oxygen atoms in total. The number of amides is 1. The lowest BCUT2D eigenvalue weighted by molar-refractivity contribution is -0.0583. The quantitative estimate of drug-likeness (QED) is 0.257. The molecule has 0 spiro atoms. The predicted molar refractivity (Wildman–Crippen MR) is 129 cm³/mol. The normalized spacial score (nSPS) is 11.5. The maximum Gasteiger partial charge on any atom is 0.432 e. The van der Waals surface area contributed by atoms with Crippen LogP contribution in [0.15, 0.2) is 78.9 Å². The van der Waals surface area contributed by atoms with Crippen LogP contribution in [-0.4, -0.2) is 30.9 Å². The Balaban J connectivity index is 1.85. The van der Waals surface area contributed by atoms with Gasteiger partial charge in [-0.25, -0.2) is 4.79 Å². The fourth-order valence-corrected chi connectivity index (χ4v) is 3.15. The highest BCUT2D eigenvalue weighted by atomic mass is 35.5. The summed E-state index contributed by atoms with van der Waals surface area (Å²) in [6.45, 7) is 0. The van der Waals surface area contributed by atoms with E-state index in [1.807, 2.05) is 0 Å². The third-order valence-electron chi connectivity index (χ3n) is 4.74. The molecule has 3 aromatic carbocycles. The van der Waals surface area contributed by atoms with Crippen molar-refractivity contribution in [1.29, 1.82) is 5.41 Å². The molecule has 0 bridgehead atoms. The Labute approximate surface area is 203 Å². The maximum absolute atomic E-state index is 13.0. The Bertz CT molecular complexity index is 1290. The van der Waals surface area contributed by atoms with Crippen LogP contribution in [0.1, 0.15) is 26.3 Å². The minimum absolute atomic E-state index is 0.0295. The van der Waals surface area contributed by atoms with Gasteiger partial charge in [0.2, 0.25) is 0 Å². The molecule has 0 aliphatic rings. The smallest absolute Gasteiger partial charge is 0.432 e. The molecule has 10 heteroatoms. The van der Waals surface area contributed by atoms with Crippen LogP contribution >= 0.6 is 11.6 Å². The lowest BCUT2D eigenvalue weighted by Crippen LogP contribution is -2.20. The van der Waals surface area contributed by atoms with Crippen molar-refractivity contribution >= 4 is 46.3 Å². The highest BCUT2D eigenvalue weighted by Crippen LogP contribution is 2.27. The molecule has 0 heterocycles. The molecule has 35 heavy (non-hydrogen) atoms. The zero-order valence-corrected chi connectivity index (χ0v) is 19.0. The summed E-state index contributed by atoms with van der Waals surface area (Å²) in [5.41, 5.74) is -0.0987. The van der Waals surface area contributed by atoms with Gasteiger partial charge in [-0.1, -0.05) is 41.9 Å². The summed E-state index contributed by atoms with van der Waals surface area (Å²) in [5.74, 6) is -1.05. The van der Waals surface area contributed by atoms with Crippen molar-refractivity contribution < 1.29 is 27.5 Å². The van der Waals surface area contributed by atoms with Crippen molar-refractivity contribution in [2.75, 3.05) is 17.7 Å². The lowest BCUT2D eigenvalue weighted by atomic mass is 10.1. The van der Waals surface area contributed by atoms with Crippen LogP contribution < -0.4 is 10.6 Å². The summed E-state index contributed by atoms with van der Waals surface area (Å²) in [6.07, 6.45) is -4.19. The first kappa shape index (κ1) is 25.5. The number of ether oxygens (including phenoxy) is 1. The number of benzene rings is 3. The molecule has 0 aromatic heterocycles. The number of halogens is 4. The molecule has 1 amide bonds. The molecule has 0 atom stereocenters. The number of methoxy groups -OCH3 is 1. The number of para-hydroxylation sites is 1. The number of carbonyl (C=O) groups excluding carboxylic acids is 2. The highest BCUT2D eigenvalue weighted by molar-refractivity contribution is 6.33. The first-order chi connectivity index (χ1) is 16.6. The van der Waals surface area contributed by atoms with Crippen molar-refractivity contribution in [3.8, 4) is 0 Å². The van der Waals surface area contributed by atoms with Crippen LogP contribution in [0.3, 0.4) is 0 Å². The average Bonchev–Trinajstić information content (AvgIpc) is 2.84. The van der Waals surface area contributed by atoms with Gasteiger partial charge in [0.1, 0.15) is 5.71 Å². The number of hydrogen-bond acceptors (Lipinski definition) is 5. The summed E-state index contributed by atoms with van der Waals surface area (Å²) >= 11 is 6.12. The number of allylic oxidation sites excluding steroid dienone is 1. The number of nitrogens with one attached hydrogen (secondary N) is 3. The van der Waals surface area contributed by atoms with Gasteiger partial charge in [0.05, 0.1) is 23.4 Å². The van der Waals surface area contributed by atoms with Gasteiger partial charge in [-0.3, -0.25) is 10.2 Å². The highest BCUT2D eigenvalue weighted by Gasteiger charge is 2.33. The number of carbonyl (C=O) groups is 2. The van der Waals surface area contributed by atoms with Gasteiger partial charge in [0.15, 0.2) is 0 Å². The predicted octanol–water partition coefficient (Wildman–Crippen LogP) is 6.41. The van der Waals surface area contributed by atoms with Crippen molar-refractivity contribution in [3.05, 3.63) is 101 Å². The van der Waals surface area contributed by atoms with Gasteiger partial charge in [0.25, 0.3) is 5.91 Å². The molecule has 0 aliphatic heterocycles. The van der Waals surface area contributed by atoms with Crippen LogP contribution in [0.25, 0.3) is 5.70 Å². The van der Waals surface area contributed by atoms with Crippen molar-refractivity contribution in [2.24, 2.45) is 0 Å². The molecular weight excluding hydrogens is 483 g/mol. The maximum atomic E-state index is 13.0. The zero-order chi connectivity index (χ0) is 25.6. The molecule has 0 aliphatic carbocycles. The van der Waals surface area contributed by atoms with E-state index in [1.54, 1.807) is 36.4 Å². The summed E-state index contributed by atoms with van der Waals surface area (Å²) in [7, 11) is 1.24. The number of alkyl halides is 3. The largest absolute Gasteiger partial charge is 0.465 e. The van der Waals surface area contributed by atoms with E-state index < -0.39 is 23.8 Å². The minimum atomic E-state index is -4.84. The van der Waals surface area contributed by atoms with E-state index in [-0.39, 0.29) is 21.8 Å². The van der Waals surface area contributed by atoms with Crippen LogP contribution in [0, 0.1) is 5.41 Å². The molecule has 180 valence electrons. The molecule has 3 rings (SSSR count). The third kappa shape index (κ3) is 6.70. The summed E-state index contributed by atoms with van der Waals surface area (Å²) in [5, 5.41) is 13.1. The molecule has 0 radical (unpaired) electrons. The average molecular weight is 502 g/mol. The molecule has 0 fully saturated rings. The third-order valence-corrected chi connectivity index (χ3v) is 5.07. The number of anilines is 2. The first-order valence-electron chi connectivity index (χ1n) is 10.1. The number of rotatable bonds is 7. The standard InChI is InChI=1S/C25H19ClF3N3O3/c1-35-24(34)17-5-4-6-18(13-17)31-23(33)16-11-9-15(10-12-16)21(14-22(30)25(27,28)29)32-20-8-3-2-7-19(20)26/h2-14,30,32H,1H3,(H,31,33)/b21-14-,30-22?. The first-order valence-corrected chi connectivity index (χ1v) is 10.5. The van der Waals surface area contributed by atoms with E-state index in [0.29, 0.717) is 23.0 Å². The lowest BCUT2D eigenvalue weighted by Gasteiger charge is -2.15. The molecule has 3 N–H and O–H groups in total. The zero-order valence-electron chi connectivity index (χ0n) is 18.2. The molecular formula is C25H19ClF3N3O3. The SMILES string of the molecule is COC(=O)c1cccc(NC(=O)c2ccc(/C(=C/C(=N)C(F)(F)F)Nc3ccccc3Cl)cc2)c1. The second kappa shape index (κ2) is 10.9. The summed E-state index contributed by atoms with van der Waals surface area (Å²) in [6, 6.07) is 18.4. The fraction of sp³-hybridized carbons (Fsp3) is 0.0800. The topological polar surface area (TPSA) is 91.3 Å². The van der Waals surface area contributed by atoms with Crippen molar-refractivity contribution in [3.63, 3.8) is 0 Å². The van der Waals surface area contributed by atoms with E-state index in [0.717, 1.165) is 0 Å². The summed E-state index contributed by atoms with van der Waals surface area (Å²) in [4.78, 5) is 24.3. The van der Waals surface area contributed by atoms with Gasteiger partial charge in [0, 0.05) is 16.9 Å². The Morgan fingerprint density at radius 3 is 2.20 bits per heavy atom. The molecule has 0 unspecified atom stereocenters. The second-order valence-corrected chi connectivity index (χ2v) is 7.59. The van der Waals surface area contributed by atoms with Gasteiger partial charge in [-0.2, -0.15) is 13.2 Å². The Kier molecular flexibility index (Phi) is 7.93. The van der Waals surface area contributed by atoms with Gasteiger partial charge in [-0.15, -0.1) is 0 Å². The van der Waals surface area contributed by atoms with E-state index in [1.165, 1.54) is 43.5 Å². The van der Waals surface area contributed by atoms with Gasteiger partial charge in [-0.05, 0) is 54.1 Å². The van der Waals surface area contributed by atoms with Crippen molar-refractivity contribution in [2.45, 2.75) is 6.18 Å². The van der Waals surface area contributed by atoms with Gasteiger partial charge >= 0.3 is 12.1 Å². The van der Waals surface area contributed by atoms with Crippen molar-refractivity contribution in [1.82, 2.24) is 0 Å². The van der Waals surface area contributed by atoms with Crippen LogP contribution in [0.2, 0.25) is 5.02 Å². The van der Waals surface area contributed by atoms with Crippen LogP contribution in [0.4, 0.5) is 24.5 Å². The van der Waals surface area contributed by atoms with E-state index in [2.05, 4.69) is 15.4 Å². The molecule has 3 aromatic rings. The molecule has 0 saturated carbocycles. The van der Waals surface area contributed by atoms with E-state index >= 15 is 0 Å². The van der Waals surface area contributed by atoms with Gasteiger partial charge < -0.3 is 15.4 Å². The van der Waals surface area contributed by atoms with E-state index in [9.17, 15) is 22.8 Å². The van der Waals surface area contributed by atoms with Crippen LogP contribution in [0.5, 0.6) is 0 Å². The fourth-order valence-electron chi connectivity index (χ4n) is 2.97. The monoisotopic (exact) mass is 501 g/mol. The Morgan fingerprint density at radius 2 is 1.57 bits per heavy atom. The van der Waals surface area contributed by atoms with Crippen LogP contribution in [-0.2, 0) is 4.74 Å². The minimum Gasteiger partial charge on any atom is -0.465 e. The Morgan fingerprint density at radius 1 is 0.914 bits per heavy atom. The molecule has 0 saturated heterocycles. The Hall–Kier alpha value is -4.11. The van der Waals surface area contributed by atoms with E-state index in [4.69, 9.17) is 17.0 Å².